The van der Waals surface area contributed by atoms with Crippen LogP contribution in [0.1, 0.15) is 41.5 Å². The van der Waals surface area contributed by atoms with Gasteiger partial charge in [0.05, 0.1) is 0 Å². The highest BCUT2D eigenvalue weighted by Crippen LogP contribution is 2.52. The molecule has 1 aliphatic heterocycles. The molecule has 0 aromatic rings. The Bertz CT molecular complexity index is 414. The zero-order valence-electron chi connectivity index (χ0n) is 11.1. The maximum Gasteiger partial charge on any atom is 0.183 e. The van der Waals surface area contributed by atoms with Gasteiger partial charge in [0.25, 0.3) is 0 Å². The fourth-order valence-corrected chi connectivity index (χ4v) is 8.03. The van der Waals surface area contributed by atoms with Crippen LogP contribution in [0.3, 0.4) is 0 Å². The third-order valence-electron chi connectivity index (χ3n) is 2.94. The molecule has 0 bridgehead atoms. The van der Waals surface area contributed by atoms with Crippen LogP contribution in [0, 0.1) is 10.8 Å². The van der Waals surface area contributed by atoms with E-state index >= 15 is 0 Å². The van der Waals surface area contributed by atoms with Crippen LogP contribution in [0.25, 0.3) is 0 Å². The van der Waals surface area contributed by atoms with Crippen molar-refractivity contribution in [2.24, 2.45) is 10.8 Å². The van der Waals surface area contributed by atoms with Crippen LogP contribution in [0.15, 0.2) is 11.1 Å². The van der Waals surface area contributed by atoms with E-state index in [0.29, 0.717) is 0 Å². The van der Waals surface area contributed by atoms with Crippen molar-refractivity contribution in [2.75, 3.05) is 0 Å². The standard InChI is InChI=1S/C12H20Br2O2S/c1-11(2,3)7-8(12(4,5)6)10(14)17(15,16)9(7)13/h9-10H,1-6H3/t9-,10+. The van der Waals surface area contributed by atoms with E-state index < -0.39 is 18.2 Å². The Labute approximate surface area is 121 Å². The van der Waals surface area contributed by atoms with Crippen LogP contribution in [-0.4, -0.2) is 16.7 Å². The first-order valence-electron chi connectivity index (χ1n) is 5.57. The van der Waals surface area contributed by atoms with Gasteiger partial charge in [0.2, 0.25) is 0 Å². The van der Waals surface area contributed by atoms with E-state index in [2.05, 4.69) is 73.4 Å². The summed E-state index contributed by atoms with van der Waals surface area (Å²) in [6.07, 6.45) is 0. The lowest BCUT2D eigenvalue weighted by Gasteiger charge is -2.30. The van der Waals surface area contributed by atoms with E-state index in [0.717, 1.165) is 11.1 Å². The summed E-state index contributed by atoms with van der Waals surface area (Å²) >= 11 is 6.72. The van der Waals surface area contributed by atoms with Gasteiger partial charge in [-0.3, -0.25) is 0 Å². The minimum absolute atomic E-state index is 0.160. The maximum absolute atomic E-state index is 12.3. The summed E-state index contributed by atoms with van der Waals surface area (Å²) in [5.74, 6) is 0. The molecule has 0 aromatic heterocycles. The lowest BCUT2D eigenvalue weighted by atomic mass is 9.76. The van der Waals surface area contributed by atoms with Crippen molar-refractivity contribution < 1.29 is 8.42 Å². The first-order valence-corrected chi connectivity index (χ1v) is 9.01. The largest absolute Gasteiger partial charge is 0.226 e. The summed E-state index contributed by atoms with van der Waals surface area (Å²) in [6.45, 7) is 12.4. The SMILES string of the molecule is CC(C)(C)C1=C(C(C)(C)C)[C@H](Br)S(=O)(=O)[C@@H]1Br. The number of halogens is 2. The highest BCUT2D eigenvalue weighted by molar-refractivity contribution is 9.13. The molecule has 1 rings (SSSR count). The lowest BCUT2D eigenvalue weighted by Crippen LogP contribution is -2.21. The van der Waals surface area contributed by atoms with Crippen LogP contribution in [0.5, 0.6) is 0 Å². The zero-order chi connectivity index (χ0) is 13.8. The summed E-state index contributed by atoms with van der Waals surface area (Å²) in [5.41, 5.74) is 1.66. The third-order valence-corrected chi connectivity index (χ3v) is 8.60. The molecule has 0 unspecified atom stereocenters. The molecule has 0 saturated carbocycles. The molecule has 2 atom stereocenters. The monoisotopic (exact) mass is 386 g/mol. The predicted octanol–water partition coefficient (Wildman–Crippen LogP) is 4.25. The number of hydrogen-bond donors (Lipinski definition) is 0. The van der Waals surface area contributed by atoms with Crippen molar-refractivity contribution >= 4 is 41.7 Å². The first-order chi connectivity index (χ1) is 7.31. The summed E-state index contributed by atoms with van der Waals surface area (Å²) in [4.78, 5) is 0. The Balaban J connectivity index is 3.59. The molecule has 1 aliphatic rings. The molecule has 0 aromatic carbocycles. The van der Waals surface area contributed by atoms with Gasteiger partial charge in [-0.2, -0.15) is 0 Å². The van der Waals surface area contributed by atoms with Crippen LogP contribution in [0.4, 0.5) is 0 Å². The molecule has 5 heteroatoms. The second-order valence-electron chi connectivity index (χ2n) is 6.55. The van der Waals surface area contributed by atoms with Gasteiger partial charge < -0.3 is 0 Å². The van der Waals surface area contributed by atoms with Crippen LogP contribution in [-0.2, 0) is 9.84 Å². The molecular weight excluding hydrogens is 368 g/mol. The van der Waals surface area contributed by atoms with E-state index in [1.165, 1.54) is 0 Å². The van der Waals surface area contributed by atoms with Gasteiger partial charge in [-0.15, -0.1) is 0 Å². The Morgan fingerprint density at radius 1 is 0.824 bits per heavy atom. The smallest absolute Gasteiger partial charge is 0.183 e. The van der Waals surface area contributed by atoms with Gasteiger partial charge in [-0.25, -0.2) is 8.42 Å². The number of hydrogen-bond acceptors (Lipinski definition) is 2. The van der Waals surface area contributed by atoms with Crippen molar-refractivity contribution in [3.05, 3.63) is 11.1 Å². The van der Waals surface area contributed by atoms with Gasteiger partial charge in [0, 0.05) is 0 Å². The second kappa shape index (κ2) is 4.34. The van der Waals surface area contributed by atoms with E-state index in [1.807, 2.05) is 0 Å². The van der Waals surface area contributed by atoms with Crippen LogP contribution >= 0.6 is 31.9 Å². The summed E-state index contributed by atoms with van der Waals surface area (Å²) < 4.78 is 23.4. The van der Waals surface area contributed by atoms with E-state index in [-0.39, 0.29) is 10.8 Å². The van der Waals surface area contributed by atoms with Gasteiger partial charge in [-0.1, -0.05) is 73.4 Å². The summed E-state index contributed by atoms with van der Waals surface area (Å²) in [6, 6.07) is 0. The number of sulfone groups is 1. The molecule has 17 heavy (non-hydrogen) atoms. The van der Waals surface area contributed by atoms with Crippen molar-refractivity contribution in [3.63, 3.8) is 0 Å². The van der Waals surface area contributed by atoms with E-state index in [4.69, 9.17) is 0 Å². The first kappa shape index (κ1) is 15.7. The molecule has 0 saturated heterocycles. The normalized spacial score (nSPS) is 29.9. The molecule has 100 valence electrons. The number of alkyl halides is 2. The van der Waals surface area contributed by atoms with Crippen molar-refractivity contribution in [1.29, 1.82) is 0 Å². The van der Waals surface area contributed by atoms with Crippen molar-refractivity contribution in [2.45, 2.75) is 49.9 Å². The van der Waals surface area contributed by atoms with E-state index in [1.54, 1.807) is 0 Å². The van der Waals surface area contributed by atoms with Crippen LogP contribution < -0.4 is 0 Å². The van der Waals surface area contributed by atoms with E-state index in [9.17, 15) is 8.42 Å². The highest BCUT2D eigenvalue weighted by Gasteiger charge is 2.50. The van der Waals surface area contributed by atoms with Gasteiger partial charge in [0.1, 0.15) is 8.32 Å². The molecule has 0 radical (unpaired) electrons. The van der Waals surface area contributed by atoms with Gasteiger partial charge in [-0.05, 0) is 22.0 Å². The predicted molar refractivity (Wildman–Crippen MR) is 80.3 cm³/mol. The summed E-state index contributed by atoms with van der Waals surface area (Å²) in [5, 5.41) is 0. The van der Waals surface area contributed by atoms with Crippen LogP contribution in [0.2, 0.25) is 0 Å². The topological polar surface area (TPSA) is 34.1 Å². The Kier molecular flexibility index (Phi) is 4.01. The second-order valence-corrected chi connectivity index (χ2v) is 11.7. The molecule has 1 heterocycles. The molecule has 2 nitrogen and oxygen atoms in total. The molecule has 0 amide bonds. The van der Waals surface area contributed by atoms with Crippen molar-refractivity contribution in [3.8, 4) is 0 Å². The summed E-state index contributed by atoms with van der Waals surface area (Å²) in [7, 11) is -3.21. The quantitative estimate of drug-likeness (QED) is 0.460. The highest BCUT2D eigenvalue weighted by atomic mass is 79.9. The molecule has 0 spiro atoms. The molecule has 0 aliphatic carbocycles. The van der Waals surface area contributed by atoms with Gasteiger partial charge >= 0.3 is 0 Å². The molecular formula is C12H20Br2O2S. The average Bonchev–Trinajstić information content (AvgIpc) is 2.23. The average molecular weight is 388 g/mol. The van der Waals surface area contributed by atoms with Crippen molar-refractivity contribution in [1.82, 2.24) is 0 Å². The Morgan fingerprint density at radius 2 is 1.06 bits per heavy atom. The minimum atomic E-state index is -3.21. The minimum Gasteiger partial charge on any atom is -0.226 e. The molecule has 0 N–H and O–H groups in total. The Morgan fingerprint density at radius 3 is 1.24 bits per heavy atom. The fraction of sp³-hybridized carbons (Fsp3) is 0.833. The number of rotatable bonds is 0. The molecule has 0 fully saturated rings. The third kappa shape index (κ3) is 2.66. The fourth-order valence-electron chi connectivity index (χ4n) is 2.17. The lowest BCUT2D eigenvalue weighted by molar-refractivity contribution is 0.448. The Hall–Kier alpha value is 0.650. The maximum atomic E-state index is 12.3. The van der Waals surface area contributed by atoms with Gasteiger partial charge in [0.15, 0.2) is 9.84 Å². The zero-order valence-corrected chi connectivity index (χ0v) is 15.1.